The van der Waals surface area contributed by atoms with E-state index in [-0.39, 0.29) is 16.3 Å². The van der Waals surface area contributed by atoms with E-state index in [2.05, 4.69) is 0 Å². The van der Waals surface area contributed by atoms with Crippen LogP contribution in [0.4, 0.5) is 17.1 Å². The van der Waals surface area contributed by atoms with Gasteiger partial charge in [0.05, 0.1) is 31.6 Å². The molecule has 21 heavy (non-hydrogen) atoms. The van der Waals surface area contributed by atoms with Crippen LogP contribution in [-0.2, 0) is 0 Å². The second kappa shape index (κ2) is 4.92. The topological polar surface area (TPSA) is 146 Å². The Bertz CT molecular complexity index is 815. The highest BCUT2D eigenvalue weighted by Gasteiger charge is 2.25. The van der Waals surface area contributed by atoms with Gasteiger partial charge in [-0.2, -0.15) is 0 Å². The summed E-state index contributed by atoms with van der Waals surface area (Å²) in [6.07, 6.45) is 0.303. The Morgan fingerprint density at radius 2 is 1.29 bits per heavy atom. The maximum atomic E-state index is 11.0. The fourth-order valence-electron chi connectivity index (χ4n) is 1.91. The largest absolute Gasteiger partial charge is 0.298 e. The van der Waals surface area contributed by atoms with Crippen molar-refractivity contribution in [3.8, 4) is 0 Å². The zero-order valence-corrected chi connectivity index (χ0v) is 10.1. The van der Waals surface area contributed by atoms with Crippen molar-refractivity contribution >= 4 is 34.1 Å². The first-order valence-electron chi connectivity index (χ1n) is 5.35. The zero-order chi connectivity index (χ0) is 15.7. The lowest BCUT2D eigenvalue weighted by atomic mass is 10.0. The molecule has 0 N–H and O–H groups in total. The number of carbonyl (C=O) groups is 1. The lowest BCUT2D eigenvalue weighted by Gasteiger charge is -2.03. The van der Waals surface area contributed by atoms with Crippen LogP contribution in [-0.4, -0.2) is 21.1 Å². The Morgan fingerprint density at radius 1 is 0.762 bits per heavy atom. The van der Waals surface area contributed by atoms with Crippen LogP contribution in [0, 0.1) is 30.3 Å². The number of nitrogens with zero attached hydrogens (tertiary/aromatic N) is 3. The summed E-state index contributed by atoms with van der Waals surface area (Å²) in [5.41, 5.74) is -2.06. The Morgan fingerprint density at radius 3 is 1.76 bits per heavy atom. The number of rotatable bonds is 4. The Balaban J connectivity index is 3.02. The lowest BCUT2D eigenvalue weighted by Crippen LogP contribution is -1.98. The SMILES string of the molecule is O=Cc1cc([N+](=O)[O-])c2cc([N+](=O)[O-])cc([N+](=O)[O-])c2c1. The van der Waals surface area contributed by atoms with Crippen LogP contribution in [0.15, 0.2) is 24.3 Å². The van der Waals surface area contributed by atoms with Gasteiger partial charge in [0.2, 0.25) is 0 Å². The van der Waals surface area contributed by atoms with E-state index in [1.807, 2.05) is 0 Å². The fraction of sp³-hybridized carbons (Fsp3) is 0. The van der Waals surface area contributed by atoms with Crippen molar-refractivity contribution in [2.75, 3.05) is 0 Å². The first kappa shape index (κ1) is 14.0. The minimum atomic E-state index is -0.895. The van der Waals surface area contributed by atoms with Gasteiger partial charge < -0.3 is 0 Å². The van der Waals surface area contributed by atoms with Gasteiger partial charge in [0, 0.05) is 17.7 Å². The van der Waals surface area contributed by atoms with Crippen LogP contribution in [0.5, 0.6) is 0 Å². The fourth-order valence-corrected chi connectivity index (χ4v) is 1.91. The van der Waals surface area contributed by atoms with Crippen LogP contribution in [0.25, 0.3) is 10.8 Å². The smallest absolute Gasteiger partial charge is 0.284 e. The number of aldehydes is 1. The number of hydrogen-bond donors (Lipinski definition) is 0. The molecule has 0 aliphatic rings. The van der Waals surface area contributed by atoms with Crippen molar-refractivity contribution in [2.24, 2.45) is 0 Å². The van der Waals surface area contributed by atoms with E-state index in [0.717, 1.165) is 18.2 Å². The van der Waals surface area contributed by atoms with Crippen LogP contribution in [0.2, 0.25) is 0 Å². The number of benzene rings is 2. The molecule has 0 aromatic heterocycles. The number of nitro benzene ring substituents is 3. The number of carbonyl (C=O) groups excluding carboxylic acids is 1. The monoisotopic (exact) mass is 291 g/mol. The summed E-state index contributed by atoms with van der Waals surface area (Å²) in [5, 5.41) is 32.3. The maximum absolute atomic E-state index is 11.0. The van der Waals surface area contributed by atoms with Crippen molar-refractivity contribution in [3.63, 3.8) is 0 Å². The summed E-state index contributed by atoms with van der Waals surface area (Å²) in [6, 6.07) is 3.55. The highest BCUT2D eigenvalue weighted by atomic mass is 16.6. The van der Waals surface area contributed by atoms with Crippen LogP contribution >= 0.6 is 0 Å². The molecule has 106 valence electrons. The quantitative estimate of drug-likeness (QED) is 0.477. The number of non-ortho nitro benzene ring substituents is 3. The lowest BCUT2D eigenvalue weighted by molar-refractivity contribution is -0.393. The third kappa shape index (κ3) is 2.36. The summed E-state index contributed by atoms with van der Waals surface area (Å²) < 4.78 is 0. The molecule has 0 aliphatic heterocycles. The molecular formula is C11H5N3O7. The predicted molar refractivity (Wildman–Crippen MR) is 69.3 cm³/mol. The number of fused-ring (bicyclic) bond motifs is 1. The highest BCUT2D eigenvalue weighted by Crippen LogP contribution is 2.36. The maximum Gasteiger partial charge on any atom is 0.284 e. The molecule has 0 unspecified atom stereocenters. The first-order chi connectivity index (χ1) is 9.85. The Labute approximate surface area is 115 Å². The Hall–Kier alpha value is -3.43. The second-order valence-corrected chi connectivity index (χ2v) is 3.99. The van der Waals surface area contributed by atoms with Crippen molar-refractivity contribution in [1.29, 1.82) is 0 Å². The van der Waals surface area contributed by atoms with Crippen molar-refractivity contribution in [1.82, 2.24) is 0 Å². The summed E-state index contributed by atoms with van der Waals surface area (Å²) in [7, 11) is 0. The molecule has 10 nitrogen and oxygen atoms in total. The molecule has 0 fully saturated rings. The zero-order valence-electron chi connectivity index (χ0n) is 10.1. The van der Waals surface area contributed by atoms with E-state index in [1.54, 1.807) is 0 Å². The summed E-state index contributed by atoms with van der Waals surface area (Å²) in [5.74, 6) is 0. The summed E-state index contributed by atoms with van der Waals surface area (Å²) in [6.45, 7) is 0. The van der Waals surface area contributed by atoms with E-state index < -0.39 is 31.8 Å². The molecule has 0 bridgehead atoms. The molecule has 0 saturated heterocycles. The molecule has 0 amide bonds. The van der Waals surface area contributed by atoms with Gasteiger partial charge in [-0.15, -0.1) is 0 Å². The van der Waals surface area contributed by atoms with Gasteiger partial charge in [-0.05, 0) is 6.07 Å². The van der Waals surface area contributed by atoms with E-state index in [0.29, 0.717) is 12.4 Å². The second-order valence-electron chi connectivity index (χ2n) is 3.99. The van der Waals surface area contributed by atoms with Crippen LogP contribution < -0.4 is 0 Å². The molecule has 2 rings (SSSR count). The van der Waals surface area contributed by atoms with E-state index in [9.17, 15) is 35.1 Å². The standard InChI is InChI=1S/C11H5N3O7/c15-5-6-1-8-9(10(2-6)13(18)19)3-7(12(16)17)4-11(8)14(20)21/h1-5H. The minimum absolute atomic E-state index is 0.133. The average Bonchev–Trinajstić information content (AvgIpc) is 2.44. The van der Waals surface area contributed by atoms with Gasteiger partial charge in [0.15, 0.2) is 0 Å². The van der Waals surface area contributed by atoms with Crippen molar-refractivity contribution < 1.29 is 19.6 Å². The normalized spacial score (nSPS) is 10.3. The Kier molecular flexibility index (Phi) is 3.28. The van der Waals surface area contributed by atoms with Gasteiger partial charge in [-0.1, -0.05) is 0 Å². The molecule has 2 aromatic rings. The molecule has 0 atom stereocenters. The molecule has 0 radical (unpaired) electrons. The molecule has 0 aliphatic carbocycles. The third-order valence-electron chi connectivity index (χ3n) is 2.77. The van der Waals surface area contributed by atoms with Crippen LogP contribution in [0.1, 0.15) is 10.4 Å². The van der Waals surface area contributed by atoms with Crippen molar-refractivity contribution in [3.05, 3.63) is 60.2 Å². The van der Waals surface area contributed by atoms with E-state index >= 15 is 0 Å². The van der Waals surface area contributed by atoms with Gasteiger partial charge in [0.1, 0.15) is 6.29 Å². The van der Waals surface area contributed by atoms with Crippen molar-refractivity contribution in [2.45, 2.75) is 0 Å². The van der Waals surface area contributed by atoms with E-state index in [1.165, 1.54) is 0 Å². The van der Waals surface area contributed by atoms with Gasteiger partial charge >= 0.3 is 0 Å². The molecule has 0 spiro atoms. The minimum Gasteiger partial charge on any atom is -0.298 e. The van der Waals surface area contributed by atoms with Gasteiger partial charge in [-0.25, -0.2) is 0 Å². The van der Waals surface area contributed by atoms with Gasteiger partial charge in [-0.3, -0.25) is 35.1 Å². The molecular weight excluding hydrogens is 286 g/mol. The first-order valence-corrected chi connectivity index (χ1v) is 5.35. The third-order valence-corrected chi connectivity index (χ3v) is 2.77. The van der Waals surface area contributed by atoms with Crippen LogP contribution in [0.3, 0.4) is 0 Å². The number of hydrogen-bond acceptors (Lipinski definition) is 7. The van der Waals surface area contributed by atoms with Gasteiger partial charge in [0.25, 0.3) is 17.1 Å². The number of nitro groups is 3. The molecule has 10 heteroatoms. The molecule has 0 saturated carbocycles. The summed E-state index contributed by atoms with van der Waals surface area (Å²) >= 11 is 0. The molecule has 2 aromatic carbocycles. The predicted octanol–water partition coefficient (Wildman–Crippen LogP) is 2.38. The highest BCUT2D eigenvalue weighted by molar-refractivity contribution is 6.02. The molecule has 0 heterocycles. The summed E-state index contributed by atoms with van der Waals surface area (Å²) in [4.78, 5) is 40.9. The average molecular weight is 291 g/mol. The van der Waals surface area contributed by atoms with E-state index in [4.69, 9.17) is 0 Å².